The quantitative estimate of drug-likeness (QED) is 0.369. The molecule has 0 saturated heterocycles. The second-order valence-corrected chi connectivity index (χ2v) is 3.11. The van der Waals surface area contributed by atoms with Gasteiger partial charge in [-0.2, -0.15) is 0 Å². The summed E-state index contributed by atoms with van der Waals surface area (Å²) in [6.07, 6.45) is 5.19. The minimum absolute atomic E-state index is 1.07. The van der Waals surface area contributed by atoms with Crippen LogP contribution in [-0.2, 0) is 0 Å². The Morgan fingerprint density at radius 2 is 1.82 bits per heavy atom. The molecule has 3 heteroatoms. The highest BCUT2D eigenvalue weighted by Gasteiger charge is 1.88. The molecule has 0 aromatic heterocycles. The monoisotopic (exact) mass is 155 g/mol. The lowest BCUT2D eigenvalue weighted by Gasteiger charge is -2.20. The first-order valence-electron chi connectivity index (χ1n) is 4.50. The summed E-state index contributed by atoms with van der Waals surface area (Å²) in [5, 5.41) is 3.14. The smallest absolute Gasteiger partial charge is 0.0305 e. The maximum atomic E-state index is 5.54. The Balaban J connectivity index is 2.80. The summed E-state index contributed by atoms with van der Waals surface area (Å²) in [5.74, 6) is 0. The van der Waals surface area contributed by atoms with Crippen LogP contribution in [0, 0.1) is 0 Å². The minimum atomic E-state index is 1.07. The van der Waals surface area contributed by atoms with E-state index in [4.69, 9.17) is 7.98 Å². The topological polar surface area (TPSA) is 16.5 Å². The molecule has 0 aromatic rings. The van der Waals surface area contributed by atoms with Gasteiger partial charge in [-0.1, -0.05) is 6.42 Å². The first kappa shape index (κ1) is 11.0. The largest absolute Gasteiger partial charge is 0.600 e. The second-order valence-electron chi connectivity index (χ2n) is 3.11. The van der Waals surface area contributed by atoms with E-state index in [1.54, 1.807) is 0 Å². The third-order valence-electron chi connectivity index (χ3n) is 1.75. The number of hydrogen-bond acceptors (Lipinski definition) is 1. The molecule has 1 unspecified atom stereocenters. The highest BCUT2D eigenvalue weighted by Crippen LogP contribution is 1.96. The van der Waals surface area contributed by atoms with Gasteiger partial charge < -0.3 is 10.1 Å². The van der Waals surface area contributed by atoms with Gasteiger partial charge >= 0.3 is 0 Å². The summed E-state index contributed by atoms with van der Waals surface area (Å²) in [6, 6.07) is 0. The normalized spacial score (nSPS) is 13.4. The van der Waals surface area contributed by atoms with E-state index in [9.17, 15) is 0 Å². The predicted molar refractivity (Wildman–Crippen MR) is 49.9 cm³/mol. The zero-order valence-corrected chi connectivity index (χ0v) is 7.82. The molecule has 0 aliphatic rings. The lowest BCUT2D eigenvalue weighted by atomic mass is 10.1. The molecule has 2 nitrogen and oxygen atoms in total. The fraction of sp³-hybridized carbons (Fsp3) is 1.00. The average Bonchev–Trinajstić information content (AvgIpc) is 1.96. The van der Waals surface area contributed by atoms with Gasteiger partial charge in [0.1, 0.15) is 0 Å². The highest BCUT2D eigenvalue weighted by atomic mass is 15.0. The summed E-state index contributed by atoms with van der Waals surface area (Å²) in [6.45, 7) is 2.24. The Kier molecular flexibility index (Phi) is 8.07. The van der Waals surface area contributed by atoms with Gasteiger partial charge in [-0.25, -0.2) is 7.98 Å². The van der Waals surface area contributed by atoms with Gasteiger partial charge in [0.25, 0.3) is 0 Å². The fourth-order valence-corrected chi connectivity index (χ4v) is 1.06. The molecule has 0 aliphatic heterocycles. The summed E-state index contributed by atoms with van der Waals surface area (Å²) < 4.78 is 0. The van der Waals surface area contributed by atoms with E-state index in [-0.39, 0.29) is 0 Å². The SMILES string of the molecule is [B-][NH+](C)CCCCCCNC. The van der Waals surface area contributed by atoms with Crippen LogP contribution < -0.4 is 10.1 Å². The molecule has 2 N–H and O–H groups in total. The predicted octanol–water partition coefficient (Wildman–Crippen LogP) is -0.636. The molecule has 0 aromatic carbocycles. The molecule has 0 saturated carbocycles. The van der Waals surface area contributed by atoms with Crippen molar-refractivity contribution in [1.82, 2.24) is 5.32 Å². The van der Waals surface area contributed by atoms with Gasteiger partial charge in [0.05, 0.1) is 0 Å². The Morgan fingerprint density at radius 3 is 2.36 bits per heavy atom. The van der Waals surface area contributed by atoms with E-state index in [0.717, 1.165) is 17.9 Å². The summed E-state index contributed by atoms with van der Waals surface area (Å²) in [4.78, 5) is 1.07. The Hall–Kier alpha value is -0.0151. The molecule has 0 spiro atoms. The first-order valence-corrected chi connectivity index (χ1v) is 4.50. The second kappa shape index (κ2) is 8.09. The lowest BCUT2D eigenvalue weighted by Crippen LogP contribution is -3.07. The molecular formula is C8H20BN2. The molecule has 65 valence electrons. The highest BCUT2D eigenvalue weighted by molar-refractivity contribution is 5.94. The molecule has 0 amide bonds. The van der Waals surface area contributed by atoms with E-state index in [1.165, 1.54) is 25.7 Å². The molecule has 3 radical (unpaired) electrons. The maximum Gasteiger partial charge on any atom is 0.0305 e. The fourth-order valence-electron chi connectivity index (χ4n) is 1.06. The van der Waals surface area contributed by atoms with Crippen molar-refractivity contribution in [3.63, 3.8) is 0 Å². The van der Waals surface area contributed by atoms with Crippen LogP contribution in [0.5, 0.6) is 0 Å². The van der Waals surface area contributed by atoms with Crippen LogP contribution in [-0.4, -0.2) is 35.2 Å². The number of hydrogen-bond donors (Lipinski definition) is 2. The van der Waals surface area contributed by atoms with Crippen molar-refractivity contribution in [2.75, 3.05) is 27.2 Å². The Morgan fingerprint density at radius 1 is 1.18 bits per heavy atom. The number of nitrogens with one attached hydrogen (secondary N) is 2. The van der Waals surface area contributed by atoms with Crippen molar-refractivity contribution in [3.8, 4) is 0 Å². The van der Waals surface area contributed by atoms with Crippen LogP contribution >= 0.6 is 0 Å². The Labute approximate surface area is 71.8 Å². The van der Waals surface area contributed by atoms with E-state index in [0.29, 0.717) is 0 Å². The standard InChI is InChI=1S/C8H20BN2/c1-10-7-5-3-4-6-8-11(2)9/h10-11H,3-8H2,1-2H3. The van der Waals surface area contributed by atoms with Crippen LogP contribution in [0.3, 0.4) is 0 Å². The number of rotatable bonds is 7. The van der Waals surface area contributed by atoms with Gasteiger partial charge in [-0.3, -0.25) is 0 Å². The van der Waals surface area contributed by atoms with Crippen molar-refractivity contribution in [2.24, 2.45) is 0 Å². The third kappa shape index (κ3) is 9.98. The van der Waals surface area contributed by atoms with E-state index in [1.807, 2.05) is 14.1 Å². The first-order chi connectivity index (χ1) is 5.27. The van der Waals surface area contributed by atoms with E-state index < -0.39 is 0 Å². The van der Waals surface area contributed by atoms with Crippen molar-refractivity contribution in [3.05, 3.63) is 0 Å². The van der Waals surface area contributed by atoms with Gasteiger partial charge in [0.15, 0.2) is 0 Å². The molecule has 1 atom stereocenters. The molecule has 0 aliphatic carbocycles. The van der Waals surface area contributed by atoms with Crippen LogP contribution in [0.2, 0.25) is 0 Å². The zero-order chi connectivity index (χ0) is 8.53. The number of unbranched alkanes of at least 4 members (excludes halogenated alkanes) is 3. The van der Waals surface area contributed by atoms with Gasteiger partial charge in [0.2, 0.25) is 0 Å². The molecule has 0 rings (SSSR count). The number of quaternary nitrogens is 1. The van der Waals surface area contributed by atoms with E-state index in [2.05, 4.69) is 5.32 Å². The van der Waals surface area contributed by atoms with Gasteiger partial charge in [-0.15, -0.1) is 0 Å². The summed E-state index contributed by atoms with van der Waals surface area (Å²) >= 11 is 0. The zero-order valence-electron chi connectivity index (χ0n) is 7.82. The minimum Gasteiger partial charge on any atom is -0.600 e. The Bertz CT molecular complexity index is 76.5. The third-order valence-corrected chi connectivity index (χ3v) is 1.75. The molecule has 0 bridgehead atoms. The van der Waals surface area contributed by atoms with Crippen LogP contribution in [0.1, 0.15) is 25.7 Å². The molecule has 11 heavy (non-hydrogen) atoms. The maximum absolute atomic E-state index is 5.54. The lowest BCUT2D eigenvalue weighted by molar-refractivity contribution is -0.754. The molecule has 0 fully saturated rings. The van der Waals surface area contributed by atoms with E-state index >= 15 is 0 Å². The van der Waals surface area contributed by atoms with Crippen LogP contribution in [0.15, 0.2) is 0 Å². The summed E-state index contributed by atoms with van der Waals surface area (Å²) in [5.41, 5.74) is 0. The van der Waals surface area contributed by atoms with Crippen molar-refractivity contribution >= 4 is 7.98 Å². The van der Waals surface area contributed by atoms with Crippen LogP contribution in [0.25, 0.3) is 0 Å². The average molecular weight is 155 g/mol. The van der Waals surface area contributed by atoms with Gasteiger partial charge in [-0.05, 0) is 32.9 Å². The summed E-state index contributed by atoms with van der Waals surface area (Å²) in [7, 11) is 9.53. The van der Waals surface area contributed by atoms with Crippen molar-refractivity contribution in [2.45, 2.75) is 25.7 Å². The molecular weight excluding hydrogens is 135 g/mol. The van der Waals surface area contributed by atoms with Gasteiger partial charge in [0, 0.05) is 13.6 Å². The molecule has 0 heterocycles. The van der Waals surface area contributed by atoms with Crippen molar-refractivity contribution in [1.29, 1.82) is 0 Å². The van der Waals surface area contributed by atoms with Crippen molar-refractivity contribution < 1.29 is 4.81 Å². The van der Waals surface area contributed by atoms with Crippen LogP contribution in [0.4, 0.5) is 0 Å².